The molecule has 0 aliphatic carbocycles. The van der Waals surface area contributed by atoms with E-state index in [1.54, 1.807) is 0 Å². The minimum absolute atomic E-state index is 0.702. The highest BCUT2D eigenvalue weighted by molar-refractivity contribution is 5.47. The van der Waals surface area contributed by atoms with Crippen molar-refractivity contribution in [2.75, 3.05) is 10.9 Å². The van der Waals surface area contributed by atoms with Gasteiger partial charge in [-0.05, 0) is 97.1 Å². The molecule has 0 aliphatic rings. The molecule has 4 aromatic rings. The van der Waals surface area contributed by atoms with Crippen molar-refractivity contribution in [3.63, 3.8) is 0 Å². The Bertz CT molecular complexity index is 1010. The maximum atomic E-state index is 5.89. The van der Waals surface area contributed by atoms with Crippen LogP contribution in [-0.2, 0) is 0 Å². The van der Waals surface area contributed by atoms with Crippen LogP contribution in [0.1, 0.15) is 0 Å². The van der Waals surface area contributed by atoms with Crippen molar-refractivity contribution in [2.24, 2.45) is 11.7 Å². The van der Waals surface area contributed by atoms with Crippen LogP contribution in [0.15, 0.2) is 97.1 Å². The largest absolute Gasteiger partial charge is 0.457 e. The average Bonchev–Trinajstić information content (AvgIpc) is 2.82. The minimum atomic E-state index is 0.702. The van der Waals surface area contributed by atoms with Crippen LogP contribution in [0.2, 0.25) is 0 Å². The predicted octanol–water partition coefficient (Wildman–Crippen LogP) is 5.63. The summed E-state index contributed by atoms with van der Waals surface area (Å²) in [6.07, 6.45) is 0. The van der Waals surface area contributed by atoms with Crippen molar-refractivity contribution in [2.45, 2.75) is 0 Å². The van der Waals surface area contributed by atoms with Gasteiger partial charge in [-0.3, -0.25) is 11.7 Å². The summed E-state index contributed by atoms with van der Waals surface area (Å²) in [6, 6.07) is 29.5. The number of nitrogens with one attached hydrogen (secondary N) is 2. The van der Waals surface area contributed by atoms with Crippen LogP contribution < -0.4 is 36.7 Å². The number of anilines is 2. The van der Waals surface area contributed by atoms with Crippen LogP contribution in [-0.4, -0.2) is 0 Å². The third kappa shape index (κ3) is 5.45. The second-order valence-electron chi connectivity index (χ2n) is 6.59. The predicted molar refractivity (Wildman–Crippen MR) is 122 cm³/mol. The second kappa shape index (κ2) is 9.53. The Hall–Kier alpha value is -4.20. The zero-order valence-electron chi connectivity index (χ0n) is 16.6. The molecule has 0 spiro atoms. The van der Waals surface area contributed by atoms with Crippen molar-refractivity contribution >= 4 is 11.4 Å². The monoisotopic (exact) mass is 414 g/mol. The first-order valence-corrected chi connectivity index (χ1v) is 9.59. The van der Waals surface area contributed by atoms with E-state index in [-0.39, 0.29) is 0 Å². The van der Waals surface area contributed by atoms with Gasteiger partial charge in [-0.1, -0.05) is 0 Å². The van der Waals surface area contributed by atoms with Gasteiger partial charge >= 0.3 is 0 Å². The molecule has 6 N–H and O–H groups in total. The van der Waals surface area contributed by atoms with Gasteiger partial charge in [-0.25, -0.2) is 0 Å². The second-order valence-corrected chi connectivity index (χ2v) is 6.59. The first kappa shape index (κ1) is 20.1. The van der Waals surface area contributed by atoms with Gasteiger partial charge in [-0.2, -0.15) is 0 Å². The molecule has 0 heterocycles. The number of nitrogens with two attached hydrogens (primary N) is 2. The van der Waals surface area contributed by atoms with Crippen LogP contribution in [0.3, 0.4) is 0 Å². The number of ether oxygens (including phenoxy) is 3. The van der Waals surface area contributed by atoms with Crippen molar-refractivity contribution in [3.8, 4) is 34.5 Å². The molecule has 0 atom stereocenters. The topological polar surface area (TPSA) is 104 Å². The lowest BCUT2D eigenvalue weighted by molar-refractivity contribution is 0.464. The van der Waals surface area contributed by atoms with Crippen LogP contribution in [0.5, 0.6) is 34.5 Å². The summed E-state index contributed by atoms with van der Waals surface area (Å²) >= 11 is 0. The van der Waals surface area contributed by atoms with Crippen molar-refractivity contribution in [3.05, 3.63) is 97.1 Å². The van der Waals surface area contributed by atoms with E-state index in [2.05, 4.69) is 10.9 Å². The van der Waals surface area contributed by atoms with Gasteiger partial charge in [0.05, 0.1) is 0 Å². The fourth-order valence-electron chi connectivity index (χ4n) is 2.80. The Morgan fingerprint density at radius 1 is 0.355 bits per heavy atom. The molecular weight excluding hydrogens is 392 g/mol. The first-order chi connectivity index (χ1) is 15.2. The standard InChI is InChI=1S/C24H22N4O3/c25-27-17-1-5-19(6-2-17)29-21-9-13-23(14-10-21)31-24-15-11-22(12-16-24)30-20-7-3-18(28-26)4-8-20/h1-16,27-28H,25-26H2. The molecule has 156 valence electrons. The van der Waals surface area contributed by atoms with Crippen molar-refractivity contribution < 1.29 is 14.2 Å². The zero-order valence-corrected chi connectivity index (χ0v) is 16.6. The SMILES string of the molecule is NNc1ccc(Oc2ccc(Oc3ccc(Oc4ccc(NN)cc4)cc3)cc2)cc1. The van der Waals surface area contributed by atoms with Gasteiger partial charge < -0.3 is 25.1 Å². The van der Waals surface area contributed by atoms with Crippen LogP contribution in [0.25, 0.3) is 0 Å². The smallest absolute Gasteiger partial charge is 0.127 e. The summed E-state index contributed by atoms with van der Waals surface area (Å²) in [5.41, 5.74) is 6.79. The molecule has 0 aliphatic heterocycles. The molecule has 0 amide bonds. The van der Waals surface area contributed by atoms with Gasteiger partial charge in [0.1, 0.15) is 34.5 Å². The molecule has 4 rings (SSSR count). The Morgan fingerprint density at radius 2 is 0.548 bits per heavy atom. The molecular formula is C24H22N4O3. The van der Waals surface area contributed by atoms with E-state index in [0.717, 1.165) is 22.9 Å². The lowest BCUT2D eigenvalue weighted by Gasteiger charge is -2.10. The molecule has 0 aromatic heterocycles. The van der Waals surface area contributed by atoms with Gasteiger partial charge in [0.2, 0.25) is 0 Å². The normalized spacial score (nSPS) is 10.3. The molecule has 0 bridgehead atoms. The molecule has 7 heteroatoms. The quantitative estimate of drug-likeness (QED) is 0.219. The number of hydrogen-bond acceptors (Lipinski definition) is 7. The van der Waals surface area contributed by atoms with E-state index < -0.39 is 0 Å². The third-order valence-electron chi connectivity index (χ3n) is 4.40. The maximum absolute atomic E-state index is 5.89. The lowest BCUT2D eigenvalue weighted by atomic mass is 10.3. The van der Waals surface area contributed by atoms with Crippen molar-refractivity contribution in [1.82, 2.24) is 0 Å². The van der Waals surface area contributed by atoms with E-state index in [0.29, 0.717) is 23.0 Å². The van der Waals surface area contributed by atoms with E-state index in [1.807, 2.05) is 97.1 Å². The average molecular weight is 414 g/mol. The van der Waals surface area contributed by atoms with E-state index in [9.17, 15) is 0 Å². The summed E-state index contributed by atoms with van der Waals surface area (Å²) in [5, 5.41) is 0. The van der Waals surface area contributed by atoms with Gasteiger partial charge in [0.15, 0.2) is 0 Å². The highest BCUT2D eigenvalue weighted by Crippen LogP contribution is 2.29. The number of rotatable bonds is 8. The number of benzene rings is 4. The first-order valence-electron chi connectivity index (χ1n) is 9.59. The summed E-state index contributed by atoms with van der Waals surface area (Å²) in [5.74, 6) is 15.0. The van der Waals surface area contributed by atoms with E-state index >= 15 is 0 Å². The zero-order chi connectivity index (χ0) is 21.5. The van der Waals surface area contributed by atoms with Crippen LogP contribution in [0.4, 0.5) is 11.4 Å². The molecule has 4 aromatic carbocycles. The minimum Gasteiger partial charge on any atom is -0.457 e. The summed E-state index contributed by atoms with van der Waals surface area (Å²) in [6.45, 7) is 0. The Balaban J connectivity index is 1.34. The fourth-order valence-corrected chi connectivity index (χ4v) is 2.80. The summed E-state index contributed by atoms with van der Waals surface area (Å²) in [7, 11) is 0. The van der Waals surface area contributed by atoms with Gasteiger partial charge in [-0.15, -0.1) is 0 Å². The molecule has 0 unspecified atom stereocenters. The Labute approximate surface area is 180 Å². The molecule has 0 saturated heterocycles. The molecule has 0 fully saturated rings. The number of hydrogen-bond donors (Lipinski definition) is 4. The highest BCUT2D eigenvalue weighted by atomic mass is 16.5. The lowest BCUT2D eigenvalue weighted by Crippen LogP contribution is -2.05. The summed E-state index contributed by atoms with van der Waals surface area (Å²) in [4.78, 5) is 0. The van der Waals surface area contributed by atoms with Crippen LogP contribution >= 0.6 is 0 Å². The molecule has 0 radical (unpaired) electrons. The highest BCUT2D eigenvalue weighted by Gasteiger charge is 2.03. The molecule has 7 nitrogen and oxygen atoms in total. The van der Waals surface area contributed by atoms with Gasteiger partial charge in [0, 0.05) is 11.4 Å². The van der Waals surface area contributed by atoms with Gasteiger partial charge in [0.25, 0.3) is 0 Å². The van der Waals surface area contributed by atoms with E-state index in [1.165, 1.54) is 0 Å². The number of nitrogen functional groups attached to an aromatic ring is 2. The fraction of sp³-hybridized carbons (Fsp3) is 0. The molecule has 31 heavy (non-hydrogen) atoms. The van der Waals surface area contributed by atoms with Crippen LogP contribution in [0, 0.1) is 0 Å². The Morgan fingerprint density at radius 3 is 0.742 bits per heavy atom. The third-order valence-corrected chi connectivity index (χ3v) is 4.40. The Kier molecular flexibility index (Phi) is 6.18. The van der Waals surface area contributed by atoms with E-state index in [4.69, 9.17) is 25.9 Å². The maximum Gasteiger partial charge on any atom is 0.127 e. The number of hydrazine groups is 2. The molecule has 0 saturated carbocycles. The van der Waals surface area contributed by atoms with Crippen molar-refractivity contribution in [1.29, 1.82) is 0 Å². The summed E-state index contributed by atoms with van der Waals surface area (Å²) < 4.78 is 17.5.